The number of amides is 1. The van der Waals surface area contributed by atoms with Crippen molar-refractivity contribution >= 4 is 11.7 Å². The molecule has 2 fully saturated rings. The van der Waals surface area contributed by atoms with E-state index in [4.69, 9.17) is 0 Å². The van der Waals surface area contributed by atoms with E-state index in [2.05, 4.69) is 13.8 Å². The highest BCUT2D eigenvalue weighted by molar-refractivity contribution is 5.86. The summed E-state index contributed by atoms with van der Waals surface area (Å²) in [5, 5.41) is 0. The Morgan fingerprint density at radius 2 is 1.90 bits per heavy atom. The predicted octanol–water partition coefficient (Wildman–Crippen LogP) is 3.81. The summed E-state index contributed by atoms with van der Waals surface area (Å²) in [5.41, 5.74) is 0. The molecule has 3 heteroatoms. The average Bonchev–Trinajstić information content (AvgIpc) is 2.53. The molecule has 1 saturated heterocycles. The summed E-state index contributed by atoms with van der Waals surface area (Å²) < 4.78 is 0. The topological polar surface area (TPSA) is 37.4 Å². The second-order valence-corrected chi connectivity index (χ2v) is 6.97. The van der Waals surface area contributed by atoms with Crippen LogP contribution in [-0.4, -0.2) is 29.7 Å². The van der Waals surface area contributed by atoms with Gasteiger partial charge in [0, 0.05) is 31.3 Å². The maximum atomic E-state index is 12.7. The van der Waals surface area contributed by atoms with Gasteiger partial charge in [0.15, 0.2) is 0 Å². The highest BCUT2D eigenvalue weighted by atomic mass is 16.2. The van der Waals surface area contributed by atoms with Crippen LogP contribution in [0.3, 0.4) is 0 Å². The maximum absolute atomic E-state index is 12.7. The molecule has 0 spiro atoms. The first-order valence-corrected chi connectivity index (χ1v) is 8.97. The third kappa shape index (κ3) is 4.31. The van der Waals surface area contributed by atoms with Crippen LogP contribution in [0.5, 0.6) is 0 Å². The first kappa shape index (κ1) is 16.5. The zero-order chi connectivity index (χ0) is 15.2. The summed E-state index contributed by atoms with van der Waals surface area (Å²) in [6, 6.07) is 0. The van der Waals surface area contributed by atoms with E-state index in [1.165, 1.54) is 32.1 Å². The zero-order valence-corrected chi connectivity index (χ0v) is 13.8. The van der Waals surface area contributed by atoms with E-state index in [0.717, 1.165) is 25.2 Å². The minimum Gasteiger partial charge on any atom is -0.341 e. The smallest absolute Gasteiger partial charge is 0.225 e. The SMILES string of the molecule is CCCCC1CCC(C(=O)N2CCC(=O)C(CC)C2)CC1. The molecule has 0 aromatic rings. The van der Waals surface area contributed by atoms with Crippen LogP contribution in [0.2, 0.25) is 0 Å². The Morgan fingerprint density at radius 3 is 2.52 bits per heavy atom. The van der Waals surface area contributed by atoms with Crippen molar-refractivity contribution in [2.45, 2.75) is 71.6 Å². The lowest BCUT2D eigenvalue weighted by atomic mass is 9.79. The molecule has 1 aliphatic heterocycles. The summed E-state index contributed by atoms with van der Waals surface area (Å²) in [7, 11) is 0. The van der Waals surface area contributed by atoms with Crippen molar-refractivity contribution in [1.29, 1.82) is 0 Å². The molecule has 2 aliphatic rings. The molecule has 1 atom stereocenters. The van der Waals surface area contributed by atoms with Crippen molar-refractivity contribution in [2.24, 2.45) is 17.8 Å². The van der Waals surface area contributed by atoms with Crippen LogP contribution in [0.25, 0.3) is 0 Å². The van der Waals surface area contributed by atoms with Crippen molar-refractivity contribution in [3.8, 4) is 0 Å². The van der Waals surface area contributed by atoms with E-state index < -0.39 is 0 Å². The number of carbonyl (C=O) groups is 2. The number of Topliss-reactive ketones (excluding diaryl/α,β-unsaturated/α-hetero) is 1. The minimum atomic E-state index is 0.0867. The standard InChI is InChI=1S/C18H31NO2/c1-3-5-6-14-7-9-16(10-8-14)18(21)19-12-11-17(20)15(4-2)13-19/h14-16H,3-13H2,1-2H3. The second kappa shape index (κ2) is 7.95. The summed E-state index contributed by atoms with van der Waals surface area (Å²) in [6.45, 7) is 5.63. The molecule has 2 rings (SSSR count). The van der Waals surface area contributed by atoms with E-state index in [1.807, 2.05) is 4.90 Å². The van der Waals surface area contributed by atoms with Crippen LogP contribution in [0.15, 0.2) is 0 Å². The van der Waals surface area contributed by atoms with Crippen molar-refractivity contribution in [3.05, 3.63) is 0 Å². The molecule has 0 radical (unpaired) electrons. The number of ketones is 1. The number of hydrogen-bond acceptors (Lipinski definition) is 2. The number of rotatable bonds is 5. The molecule has 21 heavy (non-hydrogen) atoms. The quantitative estimate of drug-likeness (QED) is 0.773. The van der Waals surface area contributed by atoms with Crippen LogP contribution in [0.1, 0.15) is 71.6 Å². The molecule has 3 nitrogen and oxygen atoms in total. The molecule has 0 bridgehead atoms. The number of nitrogens with zero attached hydrogens (tertiary/aromatic N) is 1. The highest BCUT2D eigenvalue weighted by Crippen LogP contribution is 2.33. The summed E-state index contributed by atoms with van der Waals surface area (Å²) in [5.74, 6) is 1.84. The van der Waals surface area contributed by atoms with E-state index in [1.54, 1.807) is 0 Å². The first-order chi connectivity index (χ1) is 10.2. The fourth-order valence-corrected chi connectivity index (χ4v) is 3.91. The van der Waals surface area contributed by atoms with Crippen LogP contribution < -0.4 is 0 Å². The third-order valence-corrected chi connectivity index (χ3v) is 5.49. The van der Waals surface area contributed by atoms with Crippen molar-refractivity contribution < 1.29 is 9.59 Å². The number of carbonyl (C=O) groups excluding carboxylic acids is 2. The molecule has 1 unspecified atom stereocenters. The van der Waals surface area contributed by atoms with Crippen LogP contribution in [0, 0.1) is 17.8 Å². The zero-order valence-electron chi connectivity index (χ0n) is 13.8. The fraction of sp³-hybridized carbons (Fsp3) is 0.889. The Kier molecular flexibility index (Phi) is 6.25. The lowest BCUT2D eigenvalue weighted by Gasteiger charge is -2.36. The van der Waals surface area contributed by atoms with Gasteiger partial charge in [-0.25, -0.2) is 0 Å². The number of hydrogen-bond donors (Lipinski definition) is 0. The lowest BCUT2D eigenvalue weighted by molar-refractivity contribution is -0.141. The van der Waals surface area contributed by atoms with Crippen LogP contribution in [-0.2, 0) is 9.59 Å². The Labute approximate surface area is 129 Å². The molecule has 1 heterocycles. The van der Waals surface area contributed by atoms with Gasteiger partial charge in [-0.15, -0.1) is 0 Å². The van der Waals surface area contributed by atoms with Crippen LogP contribution >= 0.6 is 0 Å². The molecule has 0 N–H and O–H groups in total. The van der Waals surface area contributed by atoms with Gasteiger partial charge in [-0.05, 0) is 38.0 Å². The van der Waals surface area contributed by atoms with Gasteiger partial charge >= 0.3 is 0 Å². The van der Waals surface area contributed by atoms with E-state index in [-0.39, 0.29) is 11.8 Å². The van der Waals surface area contributed by atoms with Gasteiger partial charge in [-0.3, -0.25) is 9.59 Å². The van der Waals surface area contributed by atoms with Gasteiger partial charge in [0.2, 0.25) is 5.91 Å². The molecule has 120 valence electrons. The Hall–Kier alpha value is -0.860. The van der Waals surface area contributed by atoms with Gasteiger partial charge in [0.1, 0.15) is 5.78 Å². The van der Waals surface area contributed by atoms with Gasteiger partial charge in [-0.1, -0.05) is 33.1 Å². The van der Waals surface area contributed by atoms with Gasteiger partial charge in [-0.2, -0.15) is 0 Å². The molecular weight excluding hydrogens is 262 g/mol. The second-order valence-electron chi connectivity index (χ2n) is 6.97. The number of unbranched alkanes of at least 4 members (excludes halogenated alkanes) is 1. The maximum Gasteiger partial charge on any atom is 0.225 e. The normalized spacial score (nSPS) is 30.5. The molecule has 1 amide bonds. The average molecular weight is 293 g/mol. The Bertz CT molecular complexity index is 358. The Morgan fingerprint density at radius 1 is 1.19 bits per heavy atom. The van der Waals surface area contributed by atoms with E-state index >= 15 is 0 Å². The van der Waals surface area contributed by atoms with Gasteiger partial charge in [0.25, 0.3) is 0 Å². The molecule has 1 saturated carbocycles. The van der Waals surface area contributed by atoms with Gasteiger partial charge in [0.05, 0.1) is 0 Å². The minimum absolute atomic E-state index is 0.0867. The Balaban J connectivity index is 1.80. The largest absolute Gasteiger partial charge is 0.341 e. The fourth-order valence-electron chi connectivity index (χ4n) is 3.91. The predicted molar refractivity (Wildman–Crippen MR) is 85.0 cm³/mol. The van der Waals surface area contributed by atoms with Crippen LogP contribution in [0.4, 0.5) is 0 Å². The molecule has 1 aliphatic carbocycles. The summed E-state index contributed by atoms with van der Waals surface area (Å²) in [6.07, 6.45) is 9.95. The van der Waals surface area contributed by atoms with E-state index in [9.17, 15) is 9.59 Å². The molecule has 0 aromatic carbocycles. The van der Waals surface area contributed by atoms with Crippen molar-refractivity contribution in [1.82, 2.24) is 4.90 Å². The highest BCUT2D eigenvalue weighted by Gasteiger charge is 2.33. The summed E-state index contributed by atoms with van der Waals surface area (Å²) >= 11 is 0. The molecule has 0 aromatic heterocycles. The van der Waals surface area contributed by atoms with Gasteiger partial charge < -0.3 is 4.90 Å². The van der Waals surface area contributed by atoms with E-state index in [0.29, 0.717) is 31.2 Å². The first-order valence-electron chi connectivity index (χ1n) is 8.97. The molecular formula is C18H31NO2. The van der Waals surface area contributed by atoms with Crippen molar-refractivity contribution in [2.75, 3.05) is 13.1 Å². The summed E-state index contributed by atoms with van der Waals surface area (Å²) in [4.78, 5) is 26.4. The van der Waals surface area contributed by atoms with Crippen molar-refractivity contribution in [3.63, 3.8) is 0 Å². The number of likely N-dealkylation sites (tertiary alicyclic amines) is 1. The monoisotopic (exact) mass is 293 g/mol. The lowest BCUT2D eigenvalue weighted by Crippen LogP contribution is -2.46. The third-order valence-electron chi connectivity index (χ3n) is 5.49. The number of piperidine rings is 1.